The summed E-state index contributed by atoms with van der Waals surface area (Å²) in [4.78, 5) is 0.0628. The van der Waals surface area contributed by atoms with Gasteiger partial charge in [-0.15, -0.1) is 0 Å². The lowest BCUT2D eigenvalue weighted by Gasteiger charge is -2.14. The number of hydrogen-bond acceptors (Lipinski definition) is 3. The molecule has 0 radical (unpaired) electrons. The van der Waals surface area contributed by atoms with Gasteiger partial charge in [0, 0.05) is 11.7 Å². The molecule has 0 amide bonds. The van der Waals surface area contributed by atoms with Crippen LogP contribution in [0, 0.1) is 5.82 Å². The number of halogens is 1. The van der Waals surface area contributed by atoms with Gasteiger partial charge in [-0.05, 0) is 60.4 Å². The zero-order valence-corrected chi connectivity index (χ0v) is 12.0. The van der Waals surface area contributed by atoms with E-state index in [1.54, 1.807) is 6.07 Å². The standard InChI is InChI=1S/C15H15FN2O2S/c16-11-2-5-13(6-3-11)21(19,20)18-15-8-1-10-9-12(17)4-7-14(10)15/h2-7,9,15,18H,1,8,17H2. The van der Waals surface area contributed by atoms with Crippen molar-refractivity contribution < 1.29 is 12.8 Å². The minimum atomic E-state index is -3.66. The number of nitrogens with one attached hydrogen (secondary N) is 1. The Morgan fingerprint density at radius 3 is 2.57 bits per heavy atom. The molecular weight excluding hydrogens is 291 g/mol. The molecule has 2 aromatic carbocycles. The first-order chi connectivity index (χ1) is 9.95. The highest BCUT2D eigenvalue weighted by Gasteiger charge is 2.27. The third-order valence-electron chi connectivity index (χ3n) is 3.67. The Morgan fingerprint density at radius 1 is 1.14 bits per heavy atom. The van der Waals surface area contributed by atoms with Gasteiger partial charge in [-0.3, -0.25) is 0 Å². The van der Waals surface area contributed by atoms with E-state index in [0.717, 1.165) is 29.7 Å². The second-order valence-corrected chi connectivity index (χ2v) is 6.84. The Bertz CT molecular complexity index is 773. The fourth-order valence-electron chi connectivity index (χ4n) is 2.63. The van der Waals surface area contributed by atoms with E-state index in [0.29, 0.717) is 12.1 Å². The summed E-state index contributed by atoms with van der Waals surface area (Å²) < 4.78 is 40.2. The summed E-state index contributed by atoms with van der Waals surface area (Å²) in [7, 11) is -3.66. The topological polar surface area (TPSA) is 72.2 Å². The van der Waals surface area contributed by atoms with E-state index in [2.05, 4.69) is 4.72 Å². The Hall–Kier alpha value is -1.92. The molecule has 1 atom stereocenters. The molecule has 1 unspecified atom stereocenters. The van der Waals surface area contributed by atoms with E-state index in [9.17, 15) is 12.8 Å². The summed E-state index contributed by atoms with van der Waals surface area (Å²) in [6.07, 6.45) is 1.48. The first-order valence-corrected chi connectivity index (χ1v) is 8.10. The predicted molar refractivity (Wildman–Crippen MR) is 78.6 cm³/mol. The van der Waals surface area contributed by atoms with Gasteiger partial charge < -0.3 is 5.73 Å². The average Bonchev–Trinajstić information content (AvgIpc) is 2.81. The lowest BCUT2D eigenvalue weighted by Crippen LogP contribution is -2.27. The number of anilines is 1. The Balaban J connectivity index is 1.86. The molecule has 0 saturated heterocycles. The lowest BCUT2D eigenvalue weighted by molar-refractivity contribution is 0.554. The Kier molecular flexibility index (Phi) is 3.43. The maximum absolute atomic E-state index is 12.9. The summed E-state index contributed by atoms with van der Waals surface area (Å²) in [5, 5.41) is 0. The molecule has 4 nitrogen and oxygen atoms in total. The lowest BCUT2D eigenvalue weighted by atomic mass is 10.1. The molecule has 1 aliphatic rings. The molecule has 0 aromatic heterocycles. The second kappa shape index (κ2) is 5.13. The SMILES string of the molecule is Nc1ccc2c(c1)CCC2NS(=O)(=O)c1ccc(F)cc1. The van der Waals surface area contributed by atoms with Crippen molar-refractivity contribution in [3.63, 3.8) is 0 Å². The number of benzene rings is 2. The van der Waals surface area contributed by atoms with Gasteiger partial charge in [-0.2, -0.15) is 0 Å². The maximum atomic E-state index is 12.9. The monoisotopic (exact) mass is 306 g/mol. The zero-order valence-electron chi connectivity index (χ0n) is 11.2. The molecular formula is C15H15FN2O2S. The average molecular weight is 306 g/mol. The van der Waals surface area contributed by atoms with Crippen LogP contribution < -0.4 is 10.5 Å². The molecule has 1 aliphatic carbocycles. The normalized spacial score (nSPS) is 17.7. The highest BCUT2D eigenvalue weighted by molar-refractivity contribution is 7.89. The second-order valence-electron chi connectivity index (χ2n) is 5.12. The Labute approximate surface area is 122 Å². The van der Waals surface area contributed by atoms with Crippen LogP contribution in [0.5, 0.6) is 0 Å². The summed E-state index contributed by atoms with van der Waals surface area (Å²) in [5.41, 5.74) is 8.44. The number of hydrogen-bond donors (Lipinski definition) is 2. The minimum absolute atomic E-state index is 0.0628. The van der Waals surface area contributed by atoms with E-state index in [4.69, 9.17) is 5.73 Å². The molecule has 0 fully saturated rings. The van der Waals surface area contributed by atoms with Crippen molar-refractivity contribution in [2.75, 3.05) is 5.73 Å². The molecule has 21 heavy (non-hydrogen) atoms. The van der Waals surface area contributed by atoms with Gasteiger partial charge in [-0.25, -0.2) is 17.5 Å². The van der Waals surface area contributed by atoms with E-state index in [-0.39, 0.29) is 10.9 Å². The number of nitrogens with two attached hydrogens (primary N) is 1. The molecule has 0 bridgehead atoms. The molecule has 3 rings (SSSR count). The van der Waals surface area contributed by atoms with Crippen molar-refractivity contribution in [2.24, 2.45) is 0 Å². The summed E-state index contributed by atoms with van der Waals surface area (Å²) >= 11 is 0. The van der Waals surface area contributed by atoms with Gasteiger partial charge in [0.15, 0.2) is 0 Å². The fraction of sp³-hybridized carbons (Fsp3) is 0.200. The zero-order chi connectivity index (χ0) is 15.0. The molecule has 0 aliphatic heterocycles. The first-order valence-electron chi connectivity index (χ1n) is 6.62. The summed E-state index contributed by atoms with van der Waals surface area (Å²) in [6.45, 7) is 0. The van der Waals surface area contributed by atoms with Crippen molar-refractivity contribution in [1.29, 1.82) is 0 Å². The highest BCUT2D eigenvalue weighted by Crippen LogP contribution is 2.33. The van der Waals surface area contributed by atoms with Crippen molar-refractivity contribution in [3.8, 4) is 0 Å². The van der Waals surface area contributed by atoms with Crippen molar-refractivity contribution >= 4 is 15.7 Å². The molecule has 3 N–H and O–H groups in total. The molecule has 2 aromatic rings. The van der Waals surface area contributed by atoms with Crippen LogP contribution in [0.1, 0.15) is 23.6 Å². The van der Waals surface area contributed by atoms with Gasteiger partial charge in [0.1, 0.15) is 5.82 Å². The van der Waals surface area contributed by atoms with Gasteiger partial charge in [0.05, 0.1) is 4.90 Å². The van der Waals surface area contributed by atoms with Crippen LogP contribution in [0.2, 0.25) is 0 Å². The predicted octanol–water partition coefficient (Wildman–Crippen LogP) is 2.37. The fourth-order valence-corrected chi connectivity index (χ4v) is 3.88. The van der Waals surface area contributed by atoms with Crippen LogP contribution >= 0.6 is 0 Å². The Morgan fingerprint density at radius 2 is 1.86 bits per heavy atom. The number of fused-ring (bicyclic) bond motifs is 1. The van der Waals surface area contributed by atoms with Crippen LogP contribution in [-0.4, -0.2) is 8.42 Å². The van der Waals surface area contributed by atoms with Crippen molar-refractivity contribution in [2.45, 2.75) is 23.8 Å². The van der Waals surface area contributed by atoms with Gasteiger partial charge >= 0.3 is 0 Å². The molecule has 0 heterocycles. The van der Waals surface area contributed by atoms with Crippen LogP contribution in [0.4, 0.5) is 10.1 Å². The van der Waals surface area contributed by atoms with Crippen LogP contribution in [0.3, 0.4) is 0 Å². The number of sulfonamides is 1. The van der Waals surface area contributed by atoms with E-state index < -0.39 is 15.8 Å². The molecule has 110 valence electrons. The smallest absolute Gasteiger partial charge is 0.241 e. The van der Waals surface area contributed by atoms with E-state index in [1.165, 1.54) is 12.1 Å². The van der Waals surface area contributed by atoms with Crippen LogP contribution in [-0.2, 0) is 16.4 Å². The third-order valence-corrected chi connectivity index (χ3v) is 5.15. The number of nitrogen functional groups attached to an aromatic ring is 1. The first kappa shape index (κ1) is 14.0. The number of aryl methyl sites for hydroxylation is 1. The van der Waals surface area contributed by atoms with Gasteiger partial charge in [0.2, 0.25) is 10.0 Å². The minimum Gasteiger partial charge on any atom is -0.399 e. The number of rotatable bonds is 3. The quantitative estimate of drug-likeness (QED) is 0.855. The van der Waals surface area contributed by atoms with E-state index in [1.807, 2.05) is 12.1 Å². The maximum Gasteiger partial charge on any atom is 0.241 e. The highest BCUT2D eigenvalue weighted by atomic mass is 32.2. The molecule has 0 spiro atoms. The van der Waals surface area contributed by atoms with Gasteiger partial charge in [-0.1, -0.05) is 6.07 Å². The molecule has 6 heteroatoms. The van der Waals surface area contributed by atoms with Crippen molar-refractivity contribution in [3.05, 3.63) is 59.4 Å². The van der Waals surface area contributed by atoms with Crippen molar-refractivity contribution in [1.82, 2.24) is 4.72 Å². The van der Waals surface area contributed by atoms with Crippen LogP contribution in [0.25, 0.3) is 0 Å². The molecule has 0 saturated carbocycles. The largest absolute Gasteiger partial charge is 0.399 e. The van der Waals surface area contributed by atoms with Crippen LogP contribution in [0.15, 0.2) is 47.4 Å². The summed E-state index contributed by atoms with van der Waals surface area (Å²) in [6, 6.07) is 10.0. The third kappa shape index (κ3) is 2.77. The van der Waals surface area contributed by atoms with E-state index >= 15 is 0 Å². The summed E-state index contributed by atoms with van der Waals surface area (Å²) in [5.74, 6) is -0.462. The van der Waals surface area contributed by atoms with Gasteiger partial charge in [0.25, 0.3) is 0 Å².